The number of ether oxygens (including phenoxy) is 1. The third-order valence-electron chi connectivity index (χ3n) is 5.06. The van der Waals surface area contributed by atoms with Gasteiger partial charge in [0.1, 0.15) is 0 Å². The lowest BCUT2D eigenvalue weighted by atomic mass is 10.0. The minimum atomic E-state index is -0.469. The number of anilines is 1. The number of hydrogen-bond acceptors (Lipinski definition) is 4. The summed E-state index contributed by atoms with van der Waals surface area (Å²) in [4.78, 5) is 18.5. The van der Waals surface area contributed by atoms with Crippen molar-refractivity contribution >= 4 is 41.7 Å². The van der Waals surface area contributed by atoms with Crippen LogP contribution in [-0.4, -0.2) is 56.3 Å². The van der Waals surface area contributed by atoms with E-state index in [1.54, 1.807) is 0 Å². The quantitative estimate of drug-likeness (QED) is 0.278. The number of piperidine rings is 1. The molecule has 0 spiro atoms. The van der Waals surface area contributed by atoms with Crippen LogP contribution in [0.15, 0.2) is 29.3 Å². The summed E-state index contributed by atoms with van der Waals surface area (Å²) in [6, 6.07) is 8.34. The summed E-state index contributed by atoms with van der Waals surface area (Å²) in [5.41, 5.74) is 1.78. The van der Waals surface area contributed by atoms with Crippen molar-refractivity contribution in [2.75, 3.05) is 38.6 Å². The van der Waals surface area contributed by atoms with Gasteiger partial charge < -0.3 is 15.4 Å². The van der Waals surface area contributed by atoms with E-state index in [4.69, 9.17) is 0 Å². The maximum absolute atomic E-state index is 11.2. The number of halogens is 1. The van der Waals surface area contributed by atoms with Crippen LogP contribution in [0.4, 0.5) is 10.5 Å². The lowest BCUT2D eigenvalue weighted by Crippen LogP contribution is -2.45. The number of guanidine groups is 1. The minimum Gasteiger partial charge on any atom is -0.453 e. The molecule has 1 atom stereocenters. The standard InChI is InChI=1S/C21H35N5O2.HI/c1-4-19-8-6-7-14-26(19)15-13-23-20(22-5-2)24-16-17-9-11-18(12-10-17)25-21(27)28-3;/h9-12,19H,4-8,13-16H2,1-3H3,(H,25,27)(H2,22,23,24);1H. The first kappa shape index (κ1) is 25.5. The Morgan fingerprint density at radius 3 is 2.62 bits per heavy atom. The van der Waals surface area contributed by atoms with Gasteiger partial charge in [-0.15, -0.1) is 24.0 Å². The number of rotatable bonds is 8. The molecule has 7 nitrogen and oxygen atoms in total. The molecule has 1 saturated heterocycles. The maximum atomic E-state index is 11.2. The van der Waals surface area contributed by atoms with Crippen molar-refractivity contribution in [1.82, 2.24) is 15.5 Å². The molecule has 1 aromatic carbocycles. The fourth-order valence-electron chi connectivity index (χ4n) is 3.51. The number of hydrogen-bond donors (Lipinski definition) is 3. The van der Waals surface area contributed by atoms with Crippen molar-refractivity contribution in [2.24, 2.45) is 4.99 Å². The van der Waals surface area contributed by atoms with Gasteiger partial charge in [0.15, 0.2) is 5.96 Å². The molecule has 164 valence electrons. The van der Waals surface area contributed by atoms with E-state index in [9.17, 15) is 4.79 Å². The van der Waals surface area contributed by atoms with Gasteiger partial charge in [-0.05, 0) is 50.4 Å². The highest BCUT2D eigenvalue weighted by molar-refractivity contribution is 14.0. The van der Waals surface area contributed by atoms with Crippen LogP contribution in [0.25, 0.3) is 0 Å². The van der Waals surface area contributed by atoms with Crippen LogP contribution >= 0.6 is 24.0 Å². The molecule has 0 saturated carbocycles. The first-order valence-electron chi connectivity index (χ1n) is 10.4. The molecule has 1 amide bonds. The molecule has 0 bridgehead atoms. The minimum absolute atomic E-state index is 0. The normalized spacial score (nSPS) is 17.2. The number of benzene rings is 1. The SMILES string of the molecule is CCNC(=NCc1ccc(NC(=O)OC)cc1)NCCN1CCCCC1CC.I. The molecule has 8 heteroatoms. The van der Waals surface area contributed by atoms with E-state index in [0.717, 1.165) is 37.2 Å². The van der Waals surface area contributed by atoms with Gasteiger partial charge in [0, 0.05) is 31.4 Å². The third kappa shape index (κ3) is 9.20. The number of carbonyl (C=O) groups excluding carboxylic acids is 1. The summed E-state index contributed by atoms with van der Waals surface area (Å²) in [5, 5.41) is 9.40. The van der Waals surface area contributed by atoms with Gasteiger partial charge in [-0.1, -0.05) is 25.5 Å². The number of nitrogens with one attached hydrogen (secondary N) is 3. The fraction of sp³-hybridized carbons (Fsp3) is 0.619. The van der Waals surface area contributed by atoms with Crippen LogP contribution in [0.2, 0.25) is 0 Å². The van der Waals surface area contributed by atoms with Crippen molar-refractivity contribution in [1.29, 1.82) is 0 Å². The molecule has 1 fully saturated rings. The van der Waals surface area contributed by atoms with Gasteiger partial charge in [-0.2, -0.15) is 0 Å². The average molecular weight is 517 g/mol. The van der Waals surface area contributed by atoms with Crippen molar-refractivity contribution < 1.29 is 9.53 Å². The van der Waals surface area contributed by atoms with Crippen LogP contribution in [0, 0.1) is 0 Å². The Labute approximate surface area is 192 Å². The van der Waals surface area contributed by atoms with Crippen LogP contribution in [0.3, 0.4) is 0 Å². The second-order valence-corrected chi connectivity index (χ2v) is 7.03. The molecule has 1 unspecified atom stereocenters. The van der Waals surface area contributed by atoms with Gasteiger partial charge in [-0.3, -0.25) is 10.2 Å². The maximum Gasteiger partial charge on any atom is 0.411 e. The summed E-state index contributed by atoms with van der Waals surface area (Å²) in [7, 11) is 1.35. The molecule has 29 heavy (non-hydrogen) atoms. The monoisotopic (exact) mass is 517 g/mol. The Morgan fingerprint density at radius 1 is 1.21 bits per heavy atom. The Morgan fingerprint density at radius 2 is 1.97 bits per heavy atom. The third-order valence-corrected chi connectivity index (χ3v) is 5.06. The highest BCUT2D eigenvalue weighted by Crippen LogP contribution is 2.18. The summed E-state index contributed by atoms with van der Waals surface area (Å²) in [6.07, 6.45) is 4.76. The summed E-state index contributed by atoms with van der Waals surface area (Å²) in [6.45, 7) is 8.92. The molecule has 1 aliphatic heterocycles. The molecule has 0 aromatic heterocycles. The summed E-state index contributed by atoms with van der Waals surface area (Å²) < 4.78 is 4.59. The molecule has 1 aliphatic rings. The van der Waals surface area contributed by atoms with Gasteiger partial charge in [0.2, 0.25) is 0 Å². The molecule has 2 rings (SSSR count). The molecule has 3 N–H and O–H groups in total. The first-order valence-corrected chi connectivity index (χ1v) is 10.4. The second-order valence-electron chi connectivity index (χ2n) is 7.03. The number of methoxy groups -OCH3 is 1. The van der Waals surface area contributed by atoms with Crippen LogP contribution in [-0.2, 0) is 11.3 Å². The largest absolute Gasteiger partial charge is 0.453 e. The number of aliphatic imine (C=N–C) groups is 1. The van der Waals surface area contributed by atoms with Crippen LogP contribution in [0.5, 0.6) is 0 Å². The smallest absolute Gasteiger partial charge is 0.411 e. The number of amides is 1. The topological polar surface area (TPSA) is 78.0 Å². The molecular formula is C21H36IN5O2. The van der Waals surface area contributed by atoms with Gasteiger partial charge in [0.25, 0.3) is 0 Å². The molecule has 0 aliphatic carbocycles. The molecule has 0 radical (unpaired) electrons. The first-order chi connectivity index (χ1) is 13.7. The Kier molecular flexibility index (Phi) is 12.7. The Hall–Kier alpha value is -1.55. The lowest BCUT2D eigenvalue weighted by Gasteiger charge is -2.35. The van der Waals surface area contributed by atoms with E-state index in [1.165, 1.54) is 39.3 Å². The Balaban J connectivity index is 0.00000420. The number of likely N-dealkylation sites (tertiary alicyclic amines) is 1. The Bertz CT molecular complexity index is 624. The second kappa shape index (κ2) is 14.4. The molecular weight excluding hydrogens is 481 g/mol. The zero-order valence-electron chi connectivity index (χ0n) is 17.9. The summed E-state index contributed by atoms with van der Waals surface area (Å²) in [5.74, 6) is 0.837. The zero-order chi connectivity index (χ0) is 20.2. The van der Waals surface area contributed by atoms with Gasteiger partial charge in [-0.25, -0.2) is 9.79 Å². The van der Waals surface area contributed by atoms with Gasteiger partial charge >= 0.3 is 6.09 Å². The van der Waals surface area contributed by atoms with E-state index in [2.05, 4.69) is 44.4 Å². The predicted octanol–water partition coefficient (Wildman–Crippen LogP) is 3.80. The van der Waals surface area contributed by atoms with Crippen molar-refractivity contribution in [3.8, 4) is 0 Å². The van der Waals surface area contributed by atoms with Crippen LogP contribution in [0.1, 0.15) is 45.1 Å². The van der Waals surface area contributed by atoms with E-state index >= 15 is 0 Å². The van der Waals surface area contributed by atoms with E-state index in [0.29, 0.717) is 12.2 Å². The van der Waals surface area contributed by atoms with E-state index < -0.39 is 6.09 Å². The van der Waals surface area contributed by atoms with E-state index in [-0.39, 0.29) is 24.0 Å². The average Bonchev–Trinajstić information content (AvgIpc) is 2.73. The molecule has 1 heterocycles. The van der Waals surface area contributed by atoms with Gasteiger partial charge in [0.05, 0.1) is 13.7 Å². The van der Waals surface area contributed by atoms with E-state index in [1.807, 2.05) is 24.3 Å². The lowest BCUT2D eigenvalue weighted by molar-refractivity contribution is 0.147. The fourth-order valence-corrected chi connectivity index (χ4v) is 3.51. The summed E-state index contributed by atoms with van der Waals surface area (Å²) >= 11 is 0. The number of carbonyl (C=O) groups is 1. The van der Waals surface area contributed by atoms with Crippen LogP contribution < -0.4 is 16.0 Å². The number of nitrogens with zero attached hydrogens (tertiary/aromatic N) is 2. The molecule has 1 aromatic rings. The zero-order valence-corrected chi connectivity index (χ0v) is 20.2. The van der Waals surface area contributed by atoms with Crippen molar-refractivity contribution in [3.63, 3.8) is 0 Å². The van der Waals surface area contributed by atoms with Crippen molar-refractivity contribution in [2.45, 2.75) is 52.1 Å². The predicted molar refractivity (Wildman–Crippen MR) is 130 cm³/mol. The van der Waals surface area contributed by atoms with Crippen molar-refractivity contribution in [3.05, 3.63) is 29.8 Å². The highest BCUT2D eigenvalue weighted by Gasteiger charge is 2.19. The highest BCUT2D eigenvalue weighted by atomic mass is 127.